The molecule has 0 radical (unpaired) electrons. The van der Waals surface area contributed by atoms with Gasteiger partial charge in [-0.1, -0.05) is 67.2 Å². The highest BCUT2D eigenvalue weighted by atomic mass is 79.9. The van der Waals surface area contributed by atoms with Crippen LogP contribution in [-0.2, 0) is 18.0 Å². The minimum Gasteiger partial charge on any atom is -0.488 e. The largest absolute Gasteiger partial charge is 0.488 e. The number of hydrogen-bond donors (Lipinski definition) is 0. The van der Waals surface area contributed by atoms with E-state index in [2.05, 4.69) is 53.7 Å². The number of carbonyl (C=O) groups is 1. The Morgan fingerprint density at radius 2 is 1.62 bits per heavy atom. The van der Waals surface area contributed by atoms with Crippen molar-refractivity contribution in [2.24, 2.45) is 0 Å². The summed E-state index contributed by atoms with van der Waals surface area (Å²) in [7, 11) is 0. The molecule has 0 saturated carbocycles. The van der Waals surface area contributed by atoms with Crippen LogP contribution in [0.5, 0.6) is 17.2 Å². The van der Waals surface area contributed by atoms with Gasteiger partial charge in [0.2, 0.25) is 0 Å². The zero-order chi connectivity index (χ0) is 27.8. The average Bonchev–Trinajstić information content (AvgIpc) is 2.96. The van der Waals surface area contributed by atoms with Gasteiger partial charge in [-0.15, -0.1) is 0 Å². The summed E-state index contributed by atoms with van der Waals surface area (Å²) in [6, 6.07) is 30.2. The van der Waals surface area contributed by atoms with Gasteiger partial charge in [-0.25, -0.2) is 4.79 Å². The first-order valence-corrected chi connectivity index (χ1v) is 12.7. The van der Waals surface area contributed by atoms with E-state index in [1.54, 1.807) is 36.4 Å². The fourth-order valence-corrected chi connectivity index (χ4v) is 4.28. The molecule has 4 aromatic carbocycles. The Labute approximate surface area is 235 Å². The third-order valence-corrected chi connectivity index (χ3v) is 6.57. The lowest BCUT2D eigenvalue weighted by Gasteiger charge is -2.17. The molecule has 4 aromatic rings. The van der Waals surface area contributed by atoms with Gasteiger partial charge in [0, 0.05) is 12.1 Å². The molecule has 6 nitrogen and oxygen atoms in total. The number of nitriles is 2. The number of hydrogen-bond acceptors (Lipinski definition) is 6. The van der Waals surface area contributed by atoms with Gasteiger partial charge in [0.05, 0.1) is 16.1 Å². The van der Waals surface area contributed by atoms with Crippen LogP contribution in [0.1, 0.15) is 22.3 Å². The number of carbonyl (C=O) groups excluding carboxylic acids is 1. The fourth-order valence-electron chi connectivity index (χ4n) is 3.84. The first-order chi connectivity index (χ1) is 18.9. The molecule has 0 N–H and O–H groups in total. The van der Waals surface area contributed by atoms with Crippen LogP contribution in [0.15, 0.2) is 102 Å². The van der Waals surface area contributed by atoms with Crippen LogP contribution in [0.4, 0.5) is 0 Å². The predicted molar refractivity (Wildman–Crippen MR) is 151 cm³/mol. The molecule has 39 heavy (non-hydrogen) atoms. The molecule has 0 saturated heterocycles. The molecule has 0 bridgehead atoms. The van der Waals surface area contributed by atoms with E-state index in [9.17, 15) is 10.1 Å². The number of halogens is 1. The van der Waals surface area contributed by atoms with E-state index in [-0.39, 0.29) is 23.7 Å². The van der Waals surface area contributed by atoms with Gasteiger partial charge in [-0.3, -0.25) is 0 Å². The maximum absolute atomic E-state index is 12.3. The molecule has 0 atom stereocenters. The molecule has 0 fully saturated rings. The van der Waals surface area contributed by atoms with Crippen molar-refractivity contribution < 1.29 is 19.0 Å². The molecular formula is C32H23BrN2O4. The summed E-state index contributed by atoms with van der Waals surface area (Å²) in [6.45, 7) is 5.87. The minimum absolute atomic E-state index is 0.0920. The van der Waals surface area contributed by atoms with Gasteiger partial charge in [0.15, 0.2) is 11.5 Å². The van der Waals surface area contributed by atoms with Crippen LogP contribution in [-0.4, -0.2) is 5.97 Å². The Morgan fingerprint density at radius 1 is 0.872 bits per heavy atom. The molecule has 4 rings (SSSR count). The van der Waals surface area contributed by atoms with Crippen LogP contribution in [0.25, 0.3) is 11.1 Å². The summed E-state index contributed by atoms with van der Waals surface area (Å²) in [6.07, 6.45) is 0. The molecular weight excluding hydrogens is 556 g/mol. The van der Waals surface area contributed by atoms with Crippen molar-refractivity contribution in [3.05, 3.63) is 124 Å². The van der Waals surface area contributed by atoms with E-state index in [1.165, 1.54) is 0 Å². The summed E-state index contributed by atoms with van der Waals surface area (Å²) >= 11 is 3.49. The Hall–Kier alpha value is -4.85. The van der Waals surface area contributed by atoms with Gasteiger partial charge >= 0.3 is 5.97 Å². The van der Waals surface area contributed by atoms with Crippen molar-refractivity contribution in [3.63, 3.8) is 0 Å². The van der Waals surface area contributed by atoms with Crippen molar-refractivity contribution in [1.82, 2.24) is 0 Å². The molecule has 0 spiro atoms. The fraction of sp³-hybridized carbons (Fsp3) is 0.0938. The highest BCUT2D eigenvalue weighted by Gasteiger charge is 2.18. The third kappa shape index (κ3) is 6.73. The number of esters is 1. The van der Waals surface area contributed by atoms with Crippen LogP contribution < -0.4 is 14.2 Å². The standard InChI is InChI=1S/C32H23BrN2O4/c1-21(17-34)32(36)39-31-15-28(33)29(16-30(31)37-19-24-9-6-8-23(14-24)18-35)38-20-26-12-7-13-27(22(26)2)25-10-4-3-5-11-25/h3-16H,1,19-20H2,2H3. The molecule has 0 aliphatic rings. The zero-order valence-electron chi connectivity index (χ0n) is 21.1. The smallest absolute Gasteiger partial charge is 0.353 e. The topological polar surface area (TPSA) is 92.3 Å². The van der Waals surface area contributed by atoms with E-state index in [1.807, 2.05) is 36.4 Å². The third-order valence-electron chi connectivity index (χ3n) is 5.95. The Morgan fingerprint density at radius 3 is 2.36 bits per heavy atom. The summed E-state index contributed by atoms with van der Waals surface area (Å²) in [5.74, 6) is -0.0966. The van der Waals surface area contributed by atoms with Crippen molar-refractivity contribution in [2.45, 2.75) is 20.1 Å². The Kier molecular flexibility index (Phi) is 8.78. The average molecular weight is 579 g/mol. The molecule has 0 amide bonds. The zero-order valence-corrected chi connectivity index (χ0v) is 22.7. The Balaban J connectivity index is 1.60. The summed E-state index contributed by atoms with van der Waals surface area (Å²) < 4.78 is 18.1. The number of nitrogens with zero attached hydrogens (tertiary/aromatic N) is 2. The van der Waals surface area contributed by atoms with Crippen LogP contribution in [0.3, 0.4) is 0 Å². The highest BCUT2D eigenvalue weighted by molar-refractivity contribution is 9.10. The molecule has 0 aliphatic heterocycles. The maximum Gasteiger partial charge on any atom is 0.353 e. The monoisotopic (exact) mass is 578 g/mol. The molecule has 7 heteroatoms. The van der Waals surface area contributed by atoms with E-state index in [4.69, 9.17) is 19.5 Å². The first kappa shape index (κ1) is 27.2. The number of rotatable bonds is 9. The molecule has 192 valence electrons. The van der Waals surface area contributed by atoms with Gasteiger partial charge in [0.25, 0.3) is 0 Å². The van der Waals surface area contributed by atoms with Gasteiger partial charge < -0.3 is 14.2 Å². The van der Waals surface area contributed by atoms with Crippen molar-refractivity contribution in [3.8, 4) is 40.5 Å². The first-order valence-electron chi connectivity index (χ1n) is 11.9. The van der Waals surface area contributed by atoms with Gasteiger partial charge in [-0.05, 0) is 62.8 Å². The van der Waals surface area contributed by atoms with Crippen molar-refractivity contribution in [1.29, 1.82) is 10.5 Å². The number of benzene rings is 4. The molecule has 0 heterocycles. The molecule has 0 aliphatic carbocycles. The lowest BCUT2D eigenvalue weighted by molar-refractivity contribution is -0.129. The highest BCUT2D eigenvalue weighted by Crippen LogP contribution is 2.39. The second-order valence-corrected chi connectivity index (χ2v) is 9.41. The number of ether oxygens (including phenoxy) is 3. The Bertz CT molecular complexity index is 1620. The molecule has 0 aromatic heterocycles. The lowest BCUT2D eigenvalue weighted by Crippen LogP contribution is -2.11. The summed E-state index contributed by atoms with van der Waals surface area (Å²) in [4.78, 5) is 12.3. The predicted octanol–water partition coefficient (Wildman–Crippen LogP) is 7.44. The lowest BCUT2D eigenvalue weighted by atomic mass is 9.97. The summed E-state index contributed by atoms with van der Waals surface area (Å²) in [5.41, 5.74) is 5.29. The van der Waals surface area contributed by atoms with Crippen LogP contribution in [0.2, 0.25) is 0 Å². The van der Waals surface area contributed by atoms with E-state index >= 15 is 0 Å². The quantitative estimate of drug-likeness (QED) is 0.0886. The second kappa shape index (κ2) is 12.6. The van der Waals surface area contributed by atoms with Crippen LogP contribution >= 0.6 is 15.9 Å². The summed E-state index contributed by atoms with van der Waals surface area (Å²) in [5, 5.41) is 18.2. The molecule has 0 unspecified atom stereocenters. The normalized spacial score (nSPS) is 10.2. The SMILES string of the molecule is C=C(C#N)C(=O)Oc1cc(Br)c(OCc2cccc(-c3ccccc3)c2C)cc1OCc1cccc(C#N)c1. The van der Waals surface area contributed by atoms with Gasteiger partial charge in [-0.2, -0.15) is 10.5 Å². The van der Waals surface area contributed by atoms with E-state index in [0.29, 0.717) is 22.4 Å². The second-order valence-electron chi connectivity index (χ2n) is 8.55. The van der Waals surface area contributed by atoms with E-state index in [0.717, 1.165) is 27.8 Å². The van der Waals surface area contributed by atoms with E-state index < -0.39 is 5.97 Å². The minimum atomic E-state index is -0.886. The van der Waals surface area contributed by atoms with Gasteiger partial charge in [0.1, 0.15) is 30.6 Å². The van der Waals surface area contributed by atoms with Crippen molar-refractivity contribution >= 4 is 21.9 Å². The van der Waals surface area contributed by atoms with Crippen molar-refractivity contribution in [2.75, 3.05) is 0 Å². The van der Waals surface area contributed by atoms with Crippen LogP contribution in [0, 0.1) is 29.6 Å². The maximum atomic E-state index is 12.3.